The second kappa shape index (κ2) is 7.14. The highest BCUT2D eigenvalue weighted by Gasteiger charge is 2.34. The summed E-state index contributed by atoms with van der Waals surface area (Å²) in [4.78, 5) is 5.10. The van der Waals surface area contributed by atoms with Crippen LogP contribution in [0.3, 0.4) is 0 Å². The van der Waals surface area contributed by atoms with Gasteiger partial charge in [0.2, 0.25) is 0 Å². The molecule has 2 atom stereocenters. The van der Waals surface area contributed by atoms with E-state index >= 15 is 0 Å². The van der Waals surface area contributed by atoms with E-state index in [0.29, 0.717) is 17.7 Å². The quantitative estimate of drug-likeness (QED) is 0.921. The van der Waals surface area contributed by atoms with Crippen LogP contribution in [0.1, 0.15) is 24.0 Å². The zero-order chi connectivity index (χ0) is 17.2. The number of nitrogens with zero attached hydrogens (tertiary/aromatic N) is 2. The molecule has 2 bridgehead atoms. The van der Waals surface area contributed by atoms with Crippen molar-refractivity contribution in [3.05, 3.63) is 65.5 Å². The van der Waals surface area contributed by atoms with Crippen molar-refractivity contribution in [2.24, 2.45) is 5.92 Å². The maximum atomic E-state index is 13.1. The third-order valence-corrected chi connectivity index (χ3v) is 5.52. The van der Waals surface area contributed by atoms with Crippen LogP contribution in [0, 0.1) is 11.7 Å². The Hall–Kier alpha value is -1.91. The maximum absolute atomic E-state index is 13.1. The predicted octanol–water partition coefficient (Wildman–Crippen LogP) is 3.63. The van der Waals surface area contributed by atoms with E-state index in [1.54, 1.807) is 18.2 Å². The molecule has 3 saturated heterocycles. The average molecular weight is 340 g/mol. The highest BCUT2D eigenvalue weighted by molar-refractivity contribution is 5.27. The predicted molar refractivity (Wildman–Crippen MR) is 96.7 cm³/mol. The Balaban J connectivity index is 1.44. The Morgan fingerprint density at radius 1 is 0.920 bits per heavy atom. The van der Waals surface area contributed by atoms with Crippen molar-refractivity contribution in [2.75, 3.05) is 19.6 Å². The first-order valence-corrected chi connectivity index (χ1v) is 9.14. The first-order valence-electron chi connectivity index (χ1n) is 9.14. The van der Waals surface area contributed by atoms with Crippen LogP contribution in [0.25, 0.3) is 0 Å². The molecule has 5 rings (SSSR count). The maximum Gasteiger partial charge on any atom is 0.123 e. The molecule has 1 N–H and O–H groups in total. The van der Waals surface area contributed by atoms with Gasteiger partial charge in [0.1, 0.15) is 11.6 Å². The second-order valence-corrected chi connectivity index (χ2v) is 7.52. The van der Waals surface area contributed by atoms with Crippen molar-refractivity contribution in [1.82, 2.24) is 9.80 Å². The first-order chi connectivity index (χ1) is 12.2. The Kier molecular flexibility index (Phi) is 4.73. The van der Waals surface area contributed by atoms with Crippen LogP contribution in [0.2, 0.25) is 0 Å². The van der Waals surface area contributed by atoms with E-state index in [2.05, 4.69) is 15.9 Å². The molecule has 0 unspecified atom stereocenters. The van der Waals surface area contributed by atoms with Gasteiger partial charge in [-0.1, -0.05) is 24.3 Å². The number of fused-ring (bicyclic) bond motifs is 4. The van der Waals surface area contributed by atoms with E-state index in [0.717, 1.165) is 32.7 Å². The zero-order valence-corrected chi connectivity index (χ0v) is 14.4. The molecule has 2 aromatic rings. The third-order valence-electron chi connectivity index (χ3n) is 5.52. The number of halogens is 1. The fraction of sp³-hybridized carbons (Fsp3) is 0.429. The van der Waals surface area contributed by atoms with E-state index < -0.39 is 0 Å². The van der Waals surface area contributed by atoms with Gasteiger partial charge in [-0.05, 0) is 54.2 Å². The van der Waals surface area contributed by atoms with Gasteiger partial charge in [0.05, 0.1) is 0 Å². The van der Waals surface area contributed by atoms with Crippen LogP contribution in [0.15, 0.2) is 48.5 Å². The number of rotatable bonds is 4. The summed E-state index contributed by atoms with van der Waals surface area (Å²) < 4.78 is 13.1. The summed E-state index contributed by atoms with van der Waals surface area (Å²) in [6, 6.07) is 15.1. The minimum absolute atomic E-state index is 0.169. The van der Waals surface area contributed by atoms with E-state index in [9.17, 15) is 9.50 Å². The van der Waals surface area contributed by atoms with Gasteiger partial charge >= 0.3 is 0 Å². The molecule has 3 nitrogen and oxygen atoms in total. The van der Waals surface area contributed by atoms with Crippen molar-refractivity contribution < 1.29 is 9.50 Å². The highest BCUT2D eigenvalue weighted by Crippen LogP contribution is 2.30. The molecular weight excluding hydrogens is 315 g/mol. The lowest BCUT2D eigenvalue weighted by molar-refractivity contribution is 0.123. The first kappa shape index (κ1) is 16.6. The number of aromatic hydroxyl groups is 1. The number of hydrogen-bond donors (Lipinski definition) is 1. The Morgan fingerprint density at radius 2 is 1.76 bits per heavy atom. The Labute approximate surface area is 148 Å². The van der Waals surface area contributed by atoms with Crippen LogP contribution >= 0.6 is 0 Å². The topological polar surface area (TPSA) is 26.7 Å². The third kappa shape index (κ3) is 4.02. The van der Waals surface area contributed by atoms with Crippen molar-refractivity contribution in [3.8, 4) is 5.75 Å². The van der Waals surface area contributed by atoms with Gasteiger partial charge in [-0.25, -0.2) is 4.39 Å². The van der Waals surface area contributed by atoms with Crippen molar-refractivity contribution >= 4 is 0 Å². The van der Waals surface area contributed by atoms with E-state index in [-0.39, 0.29) is 5.82 Å². The lowest BCUT2D eigenvalue weighted by atomic mass is 9.94. The van der Waals surface area contributed by atoms with Gasteiger partial charge in [-0.2, -0.15) is 0 Å². The van der Waals surface area contributed by atoms with E-state index in [1.807, 2.05) is 24.3 Å². The molecule has 0 amide bonds. The summed E-state index contributed by atoms with van der Waals surface area (Å²) in [5, 5.41) is 9.70. The van der Waals surface area contributed by atoms with Crippen molar-refractivity contribution in [3.63, 3.8) is 0 Å². The molecule has 0 spiro atoms. The molecule has 0 aliphatic carbocycles. The largest absolute Gasteiger partial charge is 0.508 e. The molecule has 4 heteroatoms. The number of hydrogen-bond acceptors (Lipinski definition) is 3. The van der Waals surface area contributed by atoms with Crippen LogP contribution in [0.4, 0.5) is 4.39 Å². The minimum atomic E-state index is -0.169. The fourth-order valence-corrected chi connectivity index (χ4v) is 4.34. The molecular formula is C21H25FN2O. The summed E-state index contributed by atoms with van der Waals surface area (Å²) in [7, 11) is 0. The van der Waals surface area contributed by atoms with Gasteiger partial charge in [0, 0.05) is 38.8 Å². The molecule has 132 valence electrons. The molecule has 3 aliphatic heterocycles. The second-order valence-electron chi connectivity index (χ2n) is 7.52. The zero-order valence-electron chi connectivity index (χ0n) is 14.4. The molecule has 25 heavy (non-hydrogen) atoms. The molecule has 3 aliphatic rings. The molecule has 0 radical (unpaired) electrons. The Bertz CT molecular complexity index is 718. The average Bonchev–Trinajstić information content (AvgIpc) is 2.87. The monoisotopic (exact) mass is 340 g/mol. The number of phenolic OH excluding ortho intramolecular Hbond substituents is 1. The number of benzene rings is 2. The molecule has 2 aromatic carbocycles. The smallest absolute Gasteiger partial charge is 0.123 e. The summed E-state index contributed by atoms with van der Waals surface area (Å²) in [5.74, 6) is 0.865. The van der Waals surface area contributed by atoms with Crippen LogP contribution in [-0.4, -0.2) is 40.6 Å². The van der Waals surface area contributed by atoms with Gasteiger partial charge in [-0.15, -0.1) is 0 Å². The van der Waals surface area contributed by atoms with E-state index in [1.165, 1.54) is 24.0 Å². The minimum Gasteiger partial charge on any atom is -0.508 e. The molecule has 3 heterocycles. The standard InChI is InChI=1S/C21H25FN2O/c22-19-7-4-16(5-8-19)11-23-12-18-6-9-20(15-23)24(14-18)13-17-2-1-3-21(25)10-17/h1-5,7-8,10,18,20,25H,6,9,11-15H2/t18-,20+/m0/s1. The molecule has 3 fully saturated rings. The van der Waals surface area contributed by atoms with Gasteiger partial charge in [0.25, 0.3) is 0 Å². The van der Waals surface area contributed by atoms with Crippen LogP contribution in [-0.2, 0) is 13.1 Å². The number of piperidine rings is 1. The molecule has 0 saturated carbocycles. The Morgan fingerprint density at radius 3 is 2.56 bits per heavy atom. The SMILES string of the molecule is Oc1cccc(CN2C[C@H]3CC[C@@H]2CN(Cc2ccc(F)cc2)C3)c1. The van der Waals surface area contributed by atoms with Crippen molar-refractivity contribution in [2.45, 2.75) is 32.0 Å². The summed E-state index contributed by atoms with van der Waals surface area (Å²) in [5.41, 5.74) is 2.36. The summed E-state index contributed by atoms with van der Waals surface area (Å²) in [6.45, 7) is 5.10. The summed E-state index contributed by atoms with van der Waals surface area (Å²) >= 11 is 0. The lowest BCUT2D eigenvalue weighted by Crippen LogP contribution is -2.43. The van der Waals surface area contributed by atoms with Crippen LogP contribution in [0.5, 0.6) is 5.75 Å². The van der Waals surface area contributed by atoms with Crippen molar-refractivity contribution in [1.29, 1.82) is 0 Å². The lowest BCUT2D eigenvalue weighted by Gasteiger charge is -2.36. The summed E-state index contributed by atoms with van der Waals surface area (Å²) in [6.07, 6.45) is 2.53. The normalized spacial score (nSPS) is 24.4. The fourth-order valence-electron chi connectivity index (χ4n) is 4.34. The van der Waals surface area contributed by atoms with E-state index in [4.69, 9.17) is 0 Å². The van der Waals surface area contributed by atoms with Gasteiger partial charge in [0.15, 0.2) is 0 Å². The van der Waals surface area contributed by atoms with Gasteiger partial charge in [-0.3, -0.25) is 9.80 Å². The van der Waals surface area contributed by atoms with Crippen LogP contribution < -0.4 is 0 Å². The van der Waals surface area contributed by atoms with Gasteiger partial charge < -0.3 is 5.11 Å². The molecule has 0 aromatic heterocycles. The highest BCUT2D eigenvalue weighted by atomic mass is 19.1. The number of phenols is 1.